The first kappa shape index (κ1) is 17.2. The Morgan fingerprint density at radius 2 is 2.17 bits per heavy atom. The summed E-state index contributed by atoms with van der Waals surface area (Å²) in [5.74, 6) is -1.67. The first-order valence-electron chi connectivity index (χ1n) is 6.84. The summed E-state index contributed by atoms with van der Waals surface area (Å²) in [6.07, 6.45) is 0. The normalized spacial score (nSPS) is 14.1. The number of non-ortho nitro benzene ring substituents is 1. The molecule has 0 saturated heterocycles. The molecule has 10 heteroatoms. The molecule has 128 valence electrons. The molecule has 0 radical (unpaired) electrons. The molecule has 2 rings (SSSR count). The van der Waals surface area contributed by atoms with Crippen LogP contribution in [0.4, 0.5) is 11.4 Å². The minimum absolute atomic E-state index is 0.0185. The smallest absolute Gasteiger partial charge is 0.337 e. The van der Waals surface area contributed by atoms with Crippen molar-refractivity contribution in [1.29, 1.82) is 0 Å². The SMILES string of the molecule is COC(=O)C1=C(Nc2cc(O)cc([N+](=O)[O-])c2)C(=O)N(CCO)C1. The molecule has 0 atom stereocenters. The van der Waals surface area contributed by atoms with Gasteiger partial charge in [0.05, 0.1) is 36.8 Å². The van der Waals surface area contributed by atoms with E-state index in [-0.39, 0.29) is 48.1 Å². The van der Waals surface area contributed by atoms with E-state index in [2.05, 4.69) is 10.1 Å². The Morgan fingerprint density at radius 3 is 2.75 bits per heavy atom. The highest BCUT2D eigenvalue weighted by molar-refractivity contribution is 6.08. The van der Waals surface area contributed by atoms with Gasteiger partial charge in [-0.1, -0.05) is 0 Å². The number of nitrogens with zero attached hydrogens (tertiary/aromatic N) is 2. The van der Waals surface area contributed by atoms with Crippen molar-refractivity contribution in [2.45, 2.75) is 0 Å². The Morgan fingerprint density at radius 1 is 1.46 bits per heavy atom. The van der Waals surface area contributed by atoms with Gasteiger partial charge >= 0.3 is 5.97 Å². The number of carbonyl (C=O) groups excluding carboxylic acids is 2. The first-order valence-corrected chi connectivity index (χ1v) is 6.84. The average molecular weight is 337 g/mol. The number of β-amino-alcohol motifs (C(OH)–C–C–N with tert-alkyl or cyclic N) is 1. The van der Waals surface area contributed by atoms with Crippen LogP contribution in [0.1, 0.15) is 0 Å². The summed E-state index contributed by atoms with van der Waals surface area (Å²) in [5.41, 5.74) is -0.398. The fourth-order valence-electron chi connectivity index (χ4n) is 2.27. The van der Waals surface area contributed by atoms with Crippen LogP contribution in [-0.4, -0.2) is 58.7 Å². The van der Waals surface area contributed by atoms with Gasteiger partial charge < -0.3 is 25.2 Å². The van der Waals surface area contributed by atoms with Crippen LogP contribution in [0.5, 0.6) is 5.75 Å². The minimum Gasteiger partial charge on any atom is -0.508 e. The van der Waals surface area contributed by atoms with Gasteiger partial charge in [0.1, 0.15) is 11.4 Å². The fourth-order valence-corrected chi connectivity index (χ4v) is 2.27. The molecule has 3 N–H and O–H groups in total. The third-order valence-corrected chi connectivity index (χ3v) is 3.34. The third kappa shape index (κ3) is 3.43. The number of esters is 1. The number of methoxy groups -OCH3 is 1. The number of aliphatic hydroxyl groups is 1. The lowest BCUT2D eigenvalue weighted by Gasteiger charge is -2.15. The topological polar surface area (TPSA) is 142 Å². The van der Waals surface area contributed by atoms with Gasteiger partial charge in [0.25, 0.3) is 11.6 Å². The second-order valence-electron chi connectivity index (χ2n) is 4.92. The van der Waals surface area contributed by atoms with Crippen molar-refractivity contribution in [3.05, 3.63) is 39.6 Å². The maximum absolute atomic E-state index is 12.3. The van der Waals surface area contributed by atoms with Crippen LogP contribution in [0, 0.1) is 10.1 Å². The number of aliphatic hydroxyl groups excluding tert-OH is 1. The largest absolute Gasteiger partial charge is 0.508 e. The van der Waals surface area contributed by atoms with Gasteiger partial charge in [-0.05, 0) is 0 Å². The number of hydrogen-bond acceptors (Lipinski definition) is 8. The van der Waals surface area contributed by atoms with Gasteiger partial charge in [-0.2, -0.15) is 0 Å². The number of carbonyl (C=O) groups is 2. The summed E-state index contributed by atoms with van der Waals surface area (Å²) in [7, 11) is 1.16. The molecule has 1 aromatic carbocycles. The van der Waals surface area contributed by atoms with Crippen molar-refractivity contribution in [2.24, 2.45) is 0 Å². The number of ether oxygens (including phenoxy) is 1. The number of hydrogen-bond donors (Lipinski definition) is 3. The molecule has 0 spiro atoms. The zero-order chi connectivity index (χ0) is 17.9. The maximum atomic E-state index is 12.3. The third-order valence-electron chi connectivity index (χ3n) is 3.34. The molecular formula is C14H15N3O7. The lowest BCUT2D eigenvalue weighted by molar-refractivity contribution is -0.384. The molecule has 0 fully saturated rings. The lowest BCUT2D eigenvalue weighted by atomic mass is 10.2. The number of anilines is 1. The van der Waals surface area contributed by atoms with Crippen LogP contribution in [-0.2, 0) is 14.3 Å². The number of amides is 1. The fraction of sp³-hybridized carbons (Fsp3) is 0.286. The summed E-state index contributed by atoms with van der Waals surface area (Å²) < 4.78 is 4.63. The summed E-state index contributed by atoms with van der Waals surface area (Å²) in [4.78, 5) is 35.5. The highest BCUT2D eigenvalue weighted by atomic mass is 16.6. The van der Waals surface area contributed by atoms with E-state index in [9.17, 15) is 24.8 Å². The van der Waals surface area contributed by atoms with Gasteiger partial charge in [-0.25, -0.2) is 4.79 Å². The van der Waals surface area contributed by atoms with Crippen molar-refractivity contribution < 1.29 is 29.5 Å². The highest BCUT2D eigenvalue weighted by Gasteiger charge is 2.34. The van der Waals surface area contributed by atoms with E-state index >= 15 is 0 Å². The van der Waals surface area contributed by atoms with E-state index in [0.29, 0.717) is 0 Å². The van der Waals surface area contributed by atoms with Crippen LogP contribution < -0.4 is 5.32 Å². The van der Waals surface area contributed by atoms with Gasteiger partial charge in [0, 0.05) is 24.4 Å². The van der Waals surface area contributed by atoms with E-state index in [4.69, 9.17) is 5.11 Å². The molecule has 1 aromatic rings. The quantitative estimate of drug-likeness (QED) is 0.373. The molecule has 0 unspecified atom stereocenters. The first-order chi connectivity index (χ1) is 11.4. The second kappa shape index (κ2) is 6.96. The zero-order valence-corrected chi connectivity index (χ0v) is 12.7. The van der Waals surface area contributed by atoms with E-state index in [0.717, 1.165) is 19.2 Å². The molecule has 1 heterocycles. The van der Waals surface area contributed by atoms with Crippen molar-refractivity contribution in [1.82, 2.24) is 4.90 Å². The standard InChI is InChI=1S/C14H15N3O7/c1-24-14(21)11-7-16(2-3-18)13(20)12(11)15-8-4-9(17(22)23)6-10(19)5-8/h4-6,15,18-19H,2-3,7H2,1H3. The Bertz CT molecular complexity index is 729. The van der Waals surface area contributed by atoms with E-state index in [1.54, 1.807) is 0 Å². The Balaban J connectivity index is 2.38. The molecule has 1 aliphatic heterocycles. The summed E-state index contributed by atoms with van der Waals surface area (Å²) in [5, 5.41) is 32.0. The Hall–Kier alpha value is -3.14. The minimum atomic E-state index is -0.735. The number of phenols is 1. The maximum Gasteiger partial charge on any atom is 0.337 e. The molecule has 0 saturated carbocycles. The van der Waals surface area contributed by atoms with Gasteiger partial charge in [-0.3, -0.25) is 14.9 Å². The van der Waals surface area contributed by atoms with Crippen LogP contribution in [0.15, 0.2) is 29.5 Å². The Kier molecular flexibility index (Phi) is 4.99. The molecular weight excluding hydrogens is 322 g/mol. The molecule has 0 bridgehead atoms. The molecule has 1 amide bonds. The second-order valence-corrected chi connectivity index (χ2v) is 4.92. The summed E-state index contributed by atoms with van der Waals surface area (Å²) in [6.45, 7) is -0.328. The van der Waals surface area contributed by atoms with Gasteiger partial charge in [-0.15, -0.1) is 0 Å². The highest BCUT2D eigenvalue weighted by Crippen LogP contribution is 2.28. The van der Waals surface area contributed by atoms with Crippen LogP contribution in [0.25, 0.3) is 0 Å². The number of nitro benzene ring substituents is 1. The van der Waals surface area contributed by atoms with Gasteiger partial charge in [0.2, 0.25) is 0 Å². The molecule has 1 aliphatic rings. The number of nitro groups is 1. The van der Waals surface area contributed by atoms with Crippen molar-refractivity contribution in [2.75, 3.05) is 32.1 Å². The lowest BCUT2D eigenvalue weighted by Crippen LogP contribution is -2.31. The predicted molar refractivity (Wildman–Crippen MR) is 81.1 cm³/mol. The number of nitrogens with one attached hydrogen (secondary N) is 1. The number of rotatable bonds is 6. The molecule has 10 nitrogen and oxygen atoms in total. The molecule has 24 heavy (non-hydrogen) atoms. The number of benzene rings is 1. The monoisotopic (exact) mass is 337 g/mol. The van der Waals surface area contributed by atoms with E-state index in [1.165, 1.54) is 11.0 Å². The van der Waals surface area contributed by atoms with Crippen molar-refractivity contribution >= 4 is 23.3 Å². The Labute approximate surface area is 136 Å². The zero-order valence-electron chi connectivity index (χ0n) is 12.7. The van der Waals surface area contributed by atoms with Crippen LogP contribution in [0.2, 0.25) is 0 Å². The predicted octanol–water partition coefficient (Wildman–Crippen LogP) is -0.0261. The molecule has 0 aromatic heterocycles. The van der Waals surface area contributed by atoms with Crippen molar-refractivity contribution in [3.63, 3.8) is 0 Å². The van der Waals surface area contributed by atoms with E-state index in [1.807, 2.05) is 0 Å². The van der Waals surface area contributed by atoms with Gasteiger partial charge in [0.15, 0.2) is 0 Å². The average Bonchev–Trinajstić information content (AvgIpc) is 2.83. The number of aromatic hydroxyl groups is 1. The number of phenolic OH excluding ortho intramolecular Hbond substituents is 1. The molecule has 0 aliphatic carbocycles. The summed E-state index contributed by atoms with van der Waals surface area (Å²) >= 11 is 0. The summed E-state index contributed by atoms with van der Waals surface area (Å²) in [6, 6.07) is 3.25. The van der Waals surface area contributed by atoms with Crippen molar-refractivity contribution in [3.8, 4) is 5.75 Å². The van der Waals surface area contributed by atoms with Crippen LogP contribution in [0.3, 0.4) is 0 Å². The van der Waals surface area contributed by atoms with E-state index < -0.39 is 16.8 Å². The van der Waals surface area contributed by atoms with Crippen LogP contribution >= 0.6 is 0 Å².